The van der Waals surface area contributed by atoms with Gasteiger partial charge in [0.05, 0.1) is 6.04 Å². The number of hydrogen-bond acceptors (Lipinski definition) is 3. The molecular formula is C18H27NO3. The fraction of sp³-hybridized carbons (Fsp3) is 0.556. The van der Waals surface area contributed by atoms with E-state index in [1.165, 1.54) is 5.56 Å². The van der Waals surface area contributed by atoms with Crippen LogP contribution in [0.1, 0.15) is 58.6 Å². The minimum Gasteiger partial charge on any atom is -0.444 e. The van der Waals surface area contributed by atoms with Crippen molar-refractivity contribution in [2.45, 2.75) is 65.5 Å². The summed E-state index contributed by atoms with van der Waals surface area (Å²) in [6, 6.07) is 7.44. The molecule has 1 aromatic carbocycles. The zero-order valence-electron chi connectivity index (χ0n) is 14.4. The summed E-state index contributed by atoms with van der Waals surface area (Å²) < 4.78 is 5.15. The van der Waals surface area contributed by atoms with Crippen molar-refractivity contribution in [2.75, 3.05) is 0 Å². The summed E-state index contributed by atoms with van der Waals surface area (Å²) in [7, 11) is 0. The summed E-state index contributed by atoms with van der Waals surface area (Å²) >= 11 is 0. The van der Waals surface area contributed by atoms with Crippen molar-refractivity contribution in [2.24, 2.45) is 0 Å². The lowest BCUT2D eigenvalue weighted by Gasteiger charge is -2.21. The number of rotatable bonds is 5. The van der Waals surface area contributed by atoms with Crippen LogP contribution in [0.5, 0.6) is 0 Å². The lowest BCUT2D eigenvalue weighted by Crippen LogP contribution is -2.42. The van der Waals surface area contributed by atoms with Gasteiger partial charge in [-0.15, -0.1) is 0 Å². The third-order valence-electron chi connectivity index (χ3n) is 3.24. The van der Waals surface area contributed by atoms with Gasteiger partial charge in [0.2, 0.25) is 0 Å². The van der Waals surface area contributed by atoms with E-state index in [1.54, 1.807) is 27.7 Å². The molecule has 0 heterocycles. The van der Waals surface area contributed by atoms with Crippen LogP contribution in [-0.2, 0) is 16.0 Å². The monoisotopic (exact) mass is 305 g/mol. The van der Waals surface area contributed by atoms with Crippen molar-refractivity contribution < 1.29 is 14.3 Å². The van der Waals surface area contributed by atoms with Crippen molar-refractivity contribution in [1.82, 2.24) is 5.32 Å². The Kier molecular flexibility index (Phi) is 6.15. The Hall–Kier alpha value is -1.84. The number of benzene rings is 1. The van der Waals surface area contributed by atoms with Crippen LogP contribution >= 0.6 is 0 Å². The summed E-state index contributed by atoms with van der Waals surface area (Å²) in [5.74, 6) is 0.431. The number of amides is 1. The molecule has 1 rings (SSSR count). The Balaban J connectivity index is 2.55. The van der Waals surface area contributed by atoms with Crippen LogP contribution in [0.4, 0.5) is 4.79 Å². The number of carbonyl (C=O) groups is 2. The molecule has 0 radical (unpaired) electrons. The first-order valence-corrected chi connectivity index (χ1v) is 7.69. The number of hydrogen-bond donors (Lipinski definition) is 1. The van der Waals surface area contributed by atoms with E-state index < -0.39 is 17.7 Å². The maximum absolute atomic E-state index is 12.2. The van der Waals surface area contributed by atoms with Crippen molar-refractivity contribution in [3.63, 3.8) is 0 Å². The quantitative estimate of drug-likeness (QED) is 0.899. The third kappa shape index (κ3) is 6.29. The number of alkyl carbamates (subject to hydrolysis) is 1. The number of ether oxygens (including phenoxy) is 1. The molecule has 0 aliphatic heterocycles. The fourth-order valence-corrected chi connectivity index (χ4v) is 1.94. The fourth-order valence-electron chi connectivity index (χ4n) is 1.94. The average Bonchev–Trinajstić information content (AvgIpc) is 2.36. The summed E-state index contributed by atoms with van der Waals surface area (Å²) in [5.41, 5.74) is 1.63. The molecule has 0 saturated carbocycles. The number of carbonyl (C=O) groups excluding carboxylic acids is 2. The molecule has 1 amide bonds. The predicted octanol–water partition coefficient (Wildman–Crippen LogP) is 3.83. The topological polar surface area (TPSA) is 55.4 Å². The van der Waals surface area contributed by atoms with E-state index in [2.05, 4.69) is 19.2 Å². The Morgan fingerprint density at radius 2 is 1.64 bits per heavy atom. The largest absolute Gasteiger partial charge is 0.444 e. The lowest BCUT2D eigenvalue weighted by molar-refractivity contribution is -0.120. The second-order valence-corrected chi connectivity index (χ2v) is 6.91. The van der Waals surface area contributed by atoms with Gasteiger partial charge >= 0.3 is 6.09 Å². The summed E-state index contributed by atoms with van der Waals surface area (Å²) in [6.45, 7) is 11.3. The molecule has 4 nitrogen and oxygen atoms in total. The zero-order valence-corrected chi connectivity index (χ0v) is 14.4. The Morgan fingerprint density at radius 3 is 2.09 bits per heavy atom. The molecule has 22 heavy (non-hydrogen) atoms. The highest BCUT2D eigenvalue weighted by Crippen LogP contribution is 2.15. The Morgan fingerprint density at radius 1 is 1.09 bits per heavy atom. The van der Waals surface area contributed by atoms with Crippen LogP contribution in [0.2, 0.25) is 0 Å². The Bertz CT molecular complexity index is 512. The van der Waals surface area contributed by atoms with Gasteiger partial charge in [0.25, 0.3) is 0 Å². The van der Waals surface area contributed by atoms with Gasteiger partial charge in [-0.1, -0.05) is 38.1 Å². The molecule has 0 aliphatic rings. The van der Waals surface area contributed by atoms with E-state index in [1.807, 2.05) is 24.3 Å². The summed E-state index contributed by atoms with van der Waals surface area (Å²) in [4.78, 5) is 23.8. The molecule has 4 heteroatoms. The van der Waals surface area contributed by atoms with E-state index in [9.17, 15) is 9.59 Å². The van der Waals surface area contributed by atoms with Gasteiger partial charge in [0.15, 0.2) is 5.78 Å². The van der Waals surface area contributed by atoms with Gasteiger partial charge in [-0.25, -0.2) is 4.79 Å². The second kappa shape index (κ2) is 7.43. The molecule has 1 atom stereocenters. The maximum atomic E-state index is 12.2. The van der Waals surface area contributed by atoms with Gasteiger partial charge in [-0.2, -0.15) is 0 Å². The lowest BCUT2D eigenvalue weighted by atomic mass is 9.99. The summed E-state index contributed by atoms with van der Waals surface area (Å²) in [5, 5.41) is 2.58. The SMILES string of the molecule is CC(NC(=O)OC(C)(C)C)C(=O)Cc1ccc(C(C)C)cc1. The minimum absolute atomic E-state index is 0.0387. The second-order valence-electron chi connectivity index (χ2n) is 6.91. The molecule has 122 valence electrons. The third-order valence-corrected chi connectivity index (χ3v) is 3.24. The van der Waals surface area contributed by atoms with Crippen molar-refractivity contribution in [3.05, 3.63) is 35.4 Å². The van der Waals surface area contributed by atoms with Gasteiger partial charge in [-0.3, -0.25) is 4.79 Å². The number of Topliss-reactive ketones (excluding diaryl/α,β-unsaturated/α-hetero) is 1. The van der Waals surface area contributed by atoms with Crippen LogP contribution in [0.25, 0.3) is 0 Å². The molecule has 0 aliphatic carbocycles. The van der Waals surface area contributed by atoms with Gasteiger partial charge < -0.3 is 10.1 Å². The first-order chi connectivity index (χ1) is 10.1. The van der Waals surface area contributed by atoms with Gasteiger partial charge in [0.1, 0.15) is 5.60 Å². The Labute approximate surface area is 133 Å². The molecule has 1 aromatic rings. The molecule has 0 aromatic heterocycles. The van der Waals surface area contributed by atoms with E-state index in [0.29, 0.717) is 12.3 Å². The first-order valence-electron chi connectivity index (χ1n) is 7.69. The smallest absolute Gasteiger partial charge is 0.408 e. The molecule has 0 bridgehead atoms. The molecular weight excluding hydrogens is 278 g/mol. The number of ketones is 1. The van der Waals surface area contributed by atoms with Gasteiger partial charge in [-0.05, 0) is 44.7 Å². The van der Waals surface area contributed by atoms with E-state index >= 15 is 0 Å². The van der Waals surface area contributed by atoms with Crippen molar-refractivity contribution >= 4 is 11.9 Å². The molecule has 0 spiro atoms. The number of nitrogens with one attached hydrogen (secondary N) is 1. The highest BCUT2D eigenvalue weighted by Gasteiger charge is 2.21. The highest BCUT2D eigenvalue weighted by atomic mass is 16.6. The van der Waals surface area contributed by atoms with Crippen LogP contribution in [-0.4, -0.2) is 23.5 Å². The molecule has 0 saturated heterocycles. The average molecular weight is 305 g/mol. The first kappa shape index (κ1) is 18.2. The van der Waals surface area contributed by atoms with Crippen LogP contribution < -0.4 is 5.32 Å². The highest BCUT2D eigenvalue weighted by molar-refractivity contribution is 5.88. The minimum atomic E-state index is -0.570. The van der Waals surface area contributed by atoms with Crippen LogP contribution in [0, 0.1) is 0 Å². The van der Waals surface area contributed by atoms with E-state index in [-0.39, 0.29) is 5.78 Å². The summed E-state index contributed by atoms with van der Waals surface area (Å²) in [6.07, 6.45) is -0.265. The van der Waals surface area contributed by atoms with E-state index in [0.717, 1.165) is 5.56 Å². The predicted molar refractivity (Wildman–Crippen MR) is 88.1 cm³/mol. The van der Waals surface area contributed by atoms with Gasteiger partial charge in [0, 0.05) is 6.42 Å². The maximum Gasteiger partial charge on any atom is 0.408 e. The molecule has 1 unspecified atom stereocenters. The molecule has 1 N–H and O–H groups in total. The normalized spacial score (nSPS) is 12.9. The zero-order chi connectivity index (χ0) is 16.9. The van der Waals surface area contributed by atoms with E-state index in [4.69, 9.17) is 4.74 Å². The molecule has 0 fully saturated rings. The van der Waals surface area contributed by atoms with Crippen LogP contribution in [0.15, 0.2) is 24.3 Å². The van der Waals surface area contributed by atoms with Crippen molar-refractivity contribution in [1.29, 1.82) is 0 Å². The standard InChI is InChI=1S/C18H27NO3/c1-12(2)15-9-7-14(8-10-15)11-16(20)13(3)19-17(21)22-18(4,5)6/h7-10,12-13H,11H2,1-6H3,(H,19,21). The van der Waals surface area contributed by atoms with Crippen LogP contribution in [0.3, 0.4) is 0 Å². The van der Waals surface area contributed by atoms with Crippen molar-refractivity contribution in [3.8, 4) is 0 Å².